The topological polar surface area (TPSA) is 68.3 Å². The largest absolute Gasteiger partial charge is 0.490 e. The molecule has 0 unspecified atom stereocenters. The third kappa shape index (κ3) is 4.21. The van der Waals surface area contributed by atoms with Crippen LogP contribution in [0.1, 0.15) is 19.4 Å². The number of hydrogen-bond donors (Lipinski definition) is 1. The SMILES string of the molecule is Cc1cc(NS(C)(=O)=O)ccc1-c1cnccc1OC(C)C. The molecule has 0 aliphatic rings. The summed E-state index contributed by atoms with van der Waals surface area (Å²) in [7, 11) is -3.28. The number of anilines is 1. The van der Waals surface area contributed by atoms with Crippen molar-refractivity contribution in [1.29, 1.82) is 0 Å². The van der Waals surface area contributed by atoms with Crippen molar-refractivity contribution in [2.75, 3.05) is 11.0 Å². The van der Waals surface area contributed by atoms with Gasteiger partial charge in [0, 0.05) is 23.6 Å². The normalized spacial score (nSPS) is 11.5. The minimum absolute atomic E-state index is 0.0626. The predicted molar refractivity (Wildman–Crippen MR) is 88.6 cm³/mol. The highest BCUT2D eigenvalue weighted by atomic mass is 32.2. The van der Waals surface area contributed by atoms with Gasteiger partial charge in [-0.25, -0.2) is 8.42 Å². The minimum Gasteiger partial charge on any atom is -0.490 e. The van der Waals surface area contributed by atoms with E-state index >= 15 is 0 Å². The Bertz CT molecular complexity index is 771. The van der Waals surface area contributed by atoms with Crippen molar-refractivity contribution in [2.45, 2.75) is 26.9 Å². The number of sulfonamides is 1. The van der Waals surface area contributed by atoms with Crippen molar-refractivity contribution in [3.8, 4) is 16.9 Å². The second kappa shape index (κ2) is 6.36. The number of ether oxygens (including phenoxy) is 1. The molecule has 0 aliphatic heterocycles. The lowest BCUT2D eigenvalue weighted by Crippen LogP contribution is -2.09. The maximum absolute atomic E-state index is 11.3. The standard InChI is InChI=1S/C16H20N2O3S/c1-11(2)21-16-7-8-17-10-15(16)14-6-5-13(9-12(14)3)18-22(4,19)20/h5-11,18H,1-4H3. The highest BCUT2D eigenvalue weighted by molar-refractivity contribution is 7.92. The summed E-state index contributed by atoms with van der Waals surface area (Å²) in [6, 6.07) is 7.22. The van der Waals surface area contributed by atoms with Gasteiger partial charge < -0.3 is 4.74 Å². The summed E-state index contributed by atoms with van der Waals surface area (Å²) < 4.78 is 30.9. The fourth-order valence-electron chi connectivity index (χ4n) is 2.18. The number of rotatable bonds is 5. The molecule has 5 nitrogen and oxygen atoms in total. The Balaban J connectivity index is 2.42. The van der Waals surface area contributed by atoms with Gasteiger partial charge in [0.25, 0.3) is 0 Å². The highest BCUT2D eigenvalue weighted by Crippen LogP contribution is 2.33. The van der Waals surface area contributed by atoms with Crippen LogP contribution >= 0.6 is 0 Å². The molecule has 0 aliphatic carbocycles. The number of aromatic nitrogens is 1. The van der Waals surface area contributed by atoms with Crippen LogP contribution < -0.4 is 9.46 Å². The van der Waals surface area contributed by atoms with Gasteiger partial charge in [-0.3, -0.25) is 9.71 Å². The molecule has 1 N–H and O–H groups in total. The van der Waals surface area contributed by atoms with Crippen LogP contribution in [-0.2, 0) is 10.0 Å². The fourth-order valence-corrected chi connectivity index (χ4v) is 2.74. The third-order valence-corrected chi connectivity index (χ3v) is 3.57. The molecular formula is C16H20N2O3S. The molecule has 0 saturated carbocycles. The van der Waals surface area contributed by atoms with Crippen LogP contribution in [0.3, 0.4) is 0 Å². The van der Waals surface area contributed by atoms with Gasteiger partial charge in [-0.2, -0.15) is 0 Å². The van der Waals surface area contributed by atoms with Crippen molar-refractivity contribution in [2.24, 2.45) is 0 Å². The van der Waals surface area contributed by atoms with E-state index in [1.807, 2.05) is 32.9 Å². The molecule has 118 valence electrons. The van der Waals surface area contributed by atoms with Crippen molar-refractivity contribution >= 4 is 15.7 Å². The summed E-state index contributed by atoms with van der Waals surface area (Å²) in [4.78, 5) is 4.16. The zero-order chi connectivity index (χ0) is 16.3. The summed E-state index contributed by atoms with van der Waals surface area (Å²) in [5, 5.41) is 0. The first-order chi connectivity index (χ1) is 10.3. The van der Waals surface area contributed by atoms with Crippen LogP contribution in [0, 0.1) is 6.92 Å². The van der Waals surface area contributed by atoms with Crippen LogP contribution in [0.15, 0.2) is 36.7 Å². The van der Waals surface area contributed by atoms with Crippen LogP contribution in [0.5, 0.6) is 5.75 Å². The molecule has 2 rings (SSSR count). The summed E-state index contributed by atoms with van der Waals surface area (Å²) in [5.74, 6) is 0.761. The van der Waals surface area contributed by atoms with Gasteiger partial charge in [0.05, 0.1) is 12.4 Å². The van der Waals surface area contributed by atoms with Crippen LogP contribution in [0.4, 0.5) is 5.69 Å². The predicted octanol–water partition coefficient (Wildman–Crippen LogP) is 3.22. The average molecular weight is 320 g/mol. The van der Waals surface area contributed by atoms with Gasteiger partial charge in [0.1, 0.15) is 5.75 Å². The number of hydrogen-bond acceptors (Lipinski definition) is 4. The Morgan fingerprint density at radius 3 is 2.50 bits per heavy atom. The van der Waals surface area contributed by atoms with Gasteiger partial charge in [0.15, 0.2) is 0 Å². The molecule has 1 heterocycles. The Morgan fingerprint density at radius 1 is 1.18 bits per heavy atom. The first-order valence-corrected chi connectivity index (χ1v) is 8.85. The number of benzene rings is 1. The zero-order valence-corrected chi connectivity index (χ0v) is 13.9. The Morgan fingerprint density at radius 2 is 1.91 bits per heavy atom. The second-order valence-corrected chi connectivity index (χ2v) is 7.19. The van der Waals surface area contributed by atoms with Gasteiger partial charge >= 0.3 is 0 Å². The first-order valence-electron chi connectivity index (χ1n) is 6.96. The molecule has 0 radical (unpaired) electrons. The molecule has 0 spiro atoms. The first kappa shape index (κ1) is 16.3. The molecule has 1 aromatic heterocycles. The van der Waals surface area contributed by atoms with E-state index in [1.54, 1.807) is 24.5 Å². The smallest absolute Gasteiger partial charge is 0.229 e. The van der Waals surface area contributed by atoms with E-state index in [-0.39, 0.29) is 6.10 Å². The Labute approximate surface area is 131 Å². The van der Waals surface area contributed by atoms with E-state index in [1.165, 1.54) is 0 Å². The third-order valence-electron chi connectivity index (χ3n) is 2.96. The molecule has 0 fully saturated rings. The zero-order valence-electron chi connectivity index (χ0n) is 13.1. The van der Waals surface area contributed by atoms with Crippen molar-refractivity contribution in [3.05, 3.63) is 42.2 Å². The maximum atomic E-state index is 11.3. The maximum Gasteiger partial charge on any atom is 0.229 e. The van der Waals surface area contributed by atoms with Gasteiger partial charge in [-0.15, -0.1) is 0 Å². The number of nitrogens with one attached hydrogen (secondary N) is 1. The monoisotopic (exact) mass is 320 g/mol. The lowest BCUT2D eigenvalue weighted by molar-refractivity contribution is 0.243. The Kier molecular flexibility index (Phi) is 4.71. The average Bonchev–Trinajstić information content (AvgIpc) is 2.37. The van der Waals surface area contributed by atoms with Gasteiger partial charge in [-0.1, -0.05) is 6.07 Å². The summed E-state index contributed by atoms with van der Waals surface area (Å²) in [6.07, 6.45) is 4.64. The van der Waals surface area contributed by atoms with E-state index in [2.05, 4.69) is 9.71 Å². The second-order valence-electron chi connectivity index (χ2n) is 5.44. The molecule has 22 heavy (non-hydrogen) atoms. The van der Waals surface area contributed by atoms with Crippen LogP contribution in [-0.4, -0.2) is 25.8 Å². The van der Waals surface area contributed by atoms with E-state index in [0.717, 1.165) is 28.7 Å². The quantitative estimate of drug-likeness (QED) is 0.918. The highest BCUT2D eigenvalue weighted by Gasteiger charge is 2.11. The molecular weight excluding hydrogens is 300 g/mol. The van der Waals surface area contributed by atoms with Gasteiger partial charge in [-0.05, 0) is 50.1 Å². The lowest BCUT2D eigenvalue weighted by atomic mass is 10.0. The minimum atomic E-state index is -3.28. The van der Waals surface area contributed by atoms with Crippen LogP contribution in [0.25, 0.3) is 11.1 Å². The summed E-state index contributed by atoms with van der Waals surface area (Å²) >= 11 is 0. The lowest BCUT2D eigenvalue weighted by Gasteiger charge is -2.16. The fraction of sp³-hybridized carbons (Fsp3) is 0.312. The summed E-state index contributed by atoms with van der Waals surface area (Å²) in [5.41, 5.74) is 3.33. The number of pyridine rings is 1. The summed E-state index contributed by atoms with van der Waals surface area (Å²) in [6.45, 7) is 5.86. The van der Waals surface area contributed by atoms with Crippen molar-refractivity contribution < 1.29 is 13.2 Å². The molecule has 1 aromatic carbocycles. The molecule has 0 atom stereocenters. The van der Waals surface area contributed by atoms with Crippen molar-refractivity contribution in [3.63, 3.8) is 0 Å². The molecule has 0 bridgehead atoms. The molecule has 0 saturated heterocycles. The molecule has 0 amide bonds. The number of aryl methyl sites for hydroxylation is 1. The molecule has 2 aromatic rings. The van der Waals surface area contributed by atoms with Crippen molar-refractivity contribution in [1.82, 2.24) is 4.98 Å². The number of nitrogens with zero attached hydrogens (tertiary/aromatic N) is 1. The van der Waals surface area contributed by atoms with E-state index in [4.69, 9.17) is 4.74 Å². The van der Waals surface area contributed by atoms with E-state index in [0.29, 0.717) is 5.69 Å². The van der Waals surface area contributed by atoms with E-state index in [9.17, 15) is 8.42 Å². The van der Waals surface area contributed by atoms with Crippen LogP contribution in [0.2, 0.25) is 0 Å². The van der Waals surface area contributed by atoms with E-state index < -0.39 is 10.0 Å². The van der Waals surface area contributed by atoms with Gasteiger partial charge in [0.2, 0.25) is 10.0 Å². The Hall–Kier alpha value is -2.08. The molecule has 6 heteroatoms.